The van der Waals surface area contributed by atoms with Gasteiger partial charge < -0.3 is 9.80 Å². The molecule has 3 aromatic rings. The molecular weight excluding hydrogens is 310 g/mol. The van der Waals surface area contributed by atoms with Crippen molar-refractivity contribution in [3.63, 3.8) is 0 Å². The van der Waals surface area contributed by atoms with E-state index in [0.717, 1.165) is 43.0 Å². The van der Waals surface area contributed by atoms with Crippen molar-refractivity contribution in [2.45, 2.75) is 0 Å². The van der Waals surface area contributed by atoms with Crippen LogP contribution in [0.5, 0.6) is 0 Å². The SMILES string of the molecule is Clc1ccc2ncnc(N3CCN(c4ccccc4)CC3)c2n1. The van der Waals surface area contributed by atoms with Crippen LogP contribution in [0, 0.1) is 0 Å². The third-order valence-corrected chi connectivity index (χ3v) is 4.34. The van der Waals surface area contributed by atoms with Gasteiger partial charge >= 0.3 is 0 Å². The standard InChI is InChI=1S/C17H16ClN5/c18-15-7-6-14-16(21-15)17(20-12-19-14)23-10-8-22(9-11-23)13-4-2-1-3-5-13/h1-7,12H,8-11H2. The van der Waals surface area contributed by atoms with Gasteiger partial charge in [0.1, 0.15) is 17.0 Å². The fourth-order valence-electron chi connectivity index (χ4n) is 2.95. The Labute approximate surface area is 139 Å². The van der Waals surface area contributed by atoms with Crippen molar-refractivity contribution in [3.05, 3.63) is 53.9 Å². The first kappa shape index (κ1) is 14.2. The molecule has 1 fully saturated rings. The lowest BCUT2D eigenvalue weighted by Crippen LogP contribution is -2.47. The molecule has 0 N–H and O–H groups in total. The van der Waals surface area contributed by atoms with Crippen molar-refractivity contribution in [1.29, 1.82) is 0 Å². The number of para-hydroxylation sites is 1. The predicted molar refractivity (Wildman–Crippen MR) is 93.2 cm³/mol. The highest BCUT2D eigenvalue weighted by atomic mass is 35.5. The van der Waals surface area contributed by atoms with Gasteiger partial charge in [0.05, 0.1) is 5.52 Å². The summed E-state index contributed by atoms with van der Waals surface area (Å²) in [5.74, 6) is 0.866. The molecule has 1 aliphatic rings. The summed E-state index contributed by atoms with van der Waals surface area (Å²) in [5, 5.41) is 0.469. The zero-order chi connectivity index (χ0) is 15.6. The Morgan fingerprint density at radius 2 is 1.57 bits per heavy atom. The molecule has 6 heteroatoms. The van der Waals surface area contributed by atoms with E-state index in [2.05, 4.69) is 49.0 Å². The lowest BCUT2D eigenvalue weighted by molar-refractivity contribution is 0.648. The molecule has 0 bridgehead atoms. The van der Waals surface area contributed by atoms with Crippen LogP contribution in [0.15, 0.2) is 48.8 Å². The van der Waals surface area contributed by atoms with E-state index in [1.54, 1.807) is 12.4 Å². The molecule has 0 spiro atoms. The summed E-state index contributed by atoms with van der Waals surface area (Å²) in [5.41, 5.74) is 2.86. The highest BCUT2D eigenvalue weighted by molar-refractivity contribution is 6.29. The molecule has 3 heterocycles. The van der Waals surface area contributed by atoms with Crippen LogP contribution in [0.2, 0.25) is 5.15 Å². The van der Waals surface area contributed by atoms with Gasteiger partial charge in [-0.3, -0.25) is 0 Å². The monoisotopic (exact) mass is 325 g/mol. The lowest BCUT2D eigenvalue weighted by atomic mass is 10.2. The molecule has 0 unspecified atom stereocenters. The molecular formula is C17H16ClN5. The second-order valence-corrected chi connectivity index (χ2v) is 5.90. The molecule has 116 valence electrons. The van der Waals surface area contributed by atoms with E-state index in [9.17, 15) is 0 Å². The van der Waals surface area contributed by atoms with Crippen molar-refractivity contribution in [2.75, 3.05) is 36.0 Å². The van der Waals surface area contributed by atoms with Gasteiger partial charge in [-0.25, -0.2) is 15.0 Å². The summed E-state index contributed by atoms with van der Waals surface area (Å²) in [6.45, 7) is 3.70. The van der Waals surface area contributed by atoms with Crippen molar-refractivity contribution in [2.24, 2.45) is 0 Å². The summed E-state index contributed by atoms with van der Waals surface area (Å²) >= 11 is 6.04. The molecule has 23 heavy (non-hydrogen) atoms. The van der Waals surface area contributed by atoms with Gasteiger partial charge in [0, 0.05) is 31.9 Å². The molecule has 1 saturated heterocycles. The van der Waals surface area contributed by atoms with E-state index in [-0.39, 0.29) is 0 Å². The number of fused-ring (bicyclic) bond motifs is 1. The summed E-state index contributed by atoms with van der Waals surface area (Å²) in [7, 11) is 0. The summed E-state index contributed by atoms with van der Waals surface area (Å²) in [6, 6.07) is 14.1. The van der Waals surface area contributed by atoms with Gasteiger partial charge in [0.15, 0.2) is 5.82 Å². The van der Waals surface area contributed by atoms with Gasteiger partial charge in [-0.1, -0.05) is 29.8 Å². The van der Waals surface area contributed by atoms with Crippen LogP contribution in [0.25, 0.3) is 11.0 Å². The van der Waals surface area contributed by atoms with Crippen LogP contribution in [-0.4, -0.2) is 41.1 Å². The van der Waals surface area contributed by atoms with E-state index in [1.807, 2.05) is 12.1 Å². The smallest absolute Gasteiger partial charge is 0.158 e. The molecule has 0 radical (unpaired) electrons. The molecule has 1 aliphatic heterocycles. The maximum absolute atomic E-state index is 6.04. The number of anilines is 2. The Balaban J connectivity index is 1.58. The Morgan fingerprint density at radius 1 is 0.826 bits per heavy atom. The highest BCUT2D eigenvalue weighted by Crippen LogP contribution is 2.25. The third-order valence-electron chi connectivity index (χ3n) is 4.13. The van der Waals surface area contributed by atoms with E-state index in [0.29, 0.717) is 5.15 Å². The Morgan fingerprint density at radius 3 is 2.35 bits per heavy atom. The highest BCUT2D eigenvalue weighted by Gasteiger charge is 2.20. The quantitative estimate of drug-likeness (QED) is 0.678. The molecule has 1 aromatic carbocycles. The average molecular weight is 326 g/mol. The summed E-state index contributed by atoms with van der Waals surface area (Å²) in [4.78, 5) is 17.8. The minimum absolute atomic E-state index is 0.469. The normalized spacial score (nSPS) is 15.2. The fourth-order valence-corrected chi connectivity index (χ4v) is 3.10. The number of halogens is 1. The van der Waals surface area contributed by atoms with Gasteiger partial charge in [0.2, 0.25) is 0 Å². The minimum atomic E-state index is 0.469. The number of pyridine rings is 1. The number of hydrogen-bond acceptors (Lipinski definition) is 5. The van der Waals surface area contributed by atoms with E-state index in [4.69, 9.17) is 11.6 Å². The summed E-state index contributed by atoms with van der Waals surface area (Å²) < 4.78 is 0. The topological polar surface area (TPSA) is 45.2 Å². The number of aromatic nitrogens is 3. The maximum Gasteiger partial charge on any atom is 0.158 e. The van der Waals surface area contributed by atoms with Gasteiger partial charge in [0.25, 0.3) is 0 Å². The van der Waals surface area contributed by atoms with E-state index in [1.165, 1.54) is 5.69 Å². The number of nitrogens with zero attached hydrogens (tertiary/aromatic N) is 5. The lowest BCUT2D eigenvalue weighted by Gasteiger charge is -2.36. The van der Waals surface area contributed by atoms with E-state index < -0.39 is 0 Å². The number of rotatable bonds is 2. The largest absolute Gasteiger partial charge is 0.368 e. The van der Waals surface area contributed by atoms with Gasteiger partial charge in [-0.15, -0.1) is 0 Å². The Hall–Kier alpha value is -2.40. The van der Waals surface area contributed by atoms with E-state index >= 15 is 0 Å². The first-order chi connectivity index (χ1) is 11.3. The molecule has 0 atom stereocenters. The Kier molecular flexibility index (Phi) is 3.71. The Bertz CT molecular complexity index is 816. The second-order valence-electron chi connectivity index (χ2n) is 5.51. The zero-order valence-electron chi connectivity index (χ0n) is 12.6. The molecule has 0 amide bonds. The van der Waals surface area contributed by atoms with Crippen LogP contribution >= 0.6 is 11.6 Å². The summed E-state index contributed by atoms with van der Waals surface area (Å²) in [6.07, 6.45) is 1.59. The molecule has 0 saturated carbocycles. The van der Waals surface area contributed by atoms with Gasteiger partial charge in [-0.2, -0.15) is 0 Å². The molecule has 5 nitrogen and oxygen atoms in total. The second kappa shape index (κ2) is 6.01. The maximum atomic E-state index is 6.04. The van der Waals surface area contributed by atoms with Crippen molar-refractivity contribution in [3.8, 4) is 0 Å². The van der Waals surface area contributed by atoms with Crippen LogP contribution in [-0.2, 0) is 0 Å². The number of hydrogen-bond donors (Lipinski definition) is 0. The first-order valence-electron chi connectivity index (χ1n) is 7.63. The van der Waals surface area contributed by atoms with Crippen LogP contribution in [0.1, 0.15) is 0 Å². The van der Waals surface area contributed by atoms with Crippen LogP contribution < -0.4 is 9.80 Å². The first-order valence-corrected chi connectivity index (χ1v) is 8.01. The van der Waals surface area contributed by atoms with Crippen molar-refractivity contribution >= 4 is 34.1 Å². The molecule has 4 rings (SSSR count). The molecule has 2 aromatic heterocycles. The van der Waals surface area contributed by atoms with Crippen molar-refractivity contribution < 1.29 is 0 Å². The number of piperazine rings is 1. The zero-order valence-corrected chi connectivity index (χ0v) is 13.3. The predicted octanol–water partition coefficient (Wildman–Crippen LogP) is 3.00. The number of benzene rings is 1. The third kappa shape index (κ3) is 2.80. The van der Waals surface area contributed by atoms with Gasteiger partial charge in [-0.05, 0) is 24.3 Å². The average Bonchev–Trinajstić information content (AvgIpc) is 2.62. The fraction of sp³-hybridized carbons (Fsp3) is 0.235. The van der Waals surface area contributed by atoms with Crippen LogP contribution in [0.4, 0.5) is 11.5 Å². The van der Waals surface area contributed by atoms with Crippen molar-refractivity contribution in [1.82, 2.24) is 15.0 Å². The minimum Gasteiger partial charge on any atom is -0.368 e. The molecule has 0 aliphatic carbocycles. The van der Waals surface area contributed by atoms with Crippen LogP contribution in [0.3, 0.4) is 0 Å².